The number of nitrogens with zero attached hydrogens (tertiary/aromatic N) is 2. The molecule has 0 aliphatic rings. The Balaban J connectivity index is 2.06. The van der Waals surface area contributed by atoms with Gasteiger partial charge in [0, 0.05) is 17.0 Å². The number of carboxylic acid groups (broad SMARTS) is 1. The molecule has 2 heterocycles. The summed E-state index contributed by atoms with van der Waals surface area (Å²) >= 11 is 1.62. The molecule has 3 aromatic rings. The first kappa shape index (κ1) is 18.1. The predicted molar refractivity (Wildman–Crippen MR) is 104 cm³/mol. The monoisotopic (exact) mass is 371 g/mol. The van der Waals surface area contributed by atoms with Gasteiger partial charge in [-0.15, -0.1) is 11.3 Å². The topological polar surface area (TPSA) is 84.3 Å². The zero-order chi connectivity index (χ0) is 18.7. The number of carboxylic acids is 1. The second kappa shape index (κ2) is 7.70. The number of carbonyl (C=O) groups is 1. The zero-order valence-corrected chi connectivity index (χ0v) is 15.8. The minimum absolute atomic E-state index is 0.0338. The van der Waals surface area contributed by atoms with Gasteiger partial charge in [0.1, 0.15) is 22.2 Å². The summed E-state index contributed by atoms with van der Waals surface area (Å²) in [5.41, 5.74) is 2.14. The molecule has 3 rings (SSSR count). The fourth-order valence-corrected chi connectivity index (χ4v) is 3.96. The van der Waals surface area contributed by atoms with E-state index in [1.165, 1.54) is 0 Å². The molecule has 0 radical (unpaired) electrons. The Morgan fingerprint density at radius 3 is 2.62 bits per heavy atom. The van der Waals surface area contributed by atoms with Crippen LogP contribution in [0.25, 0.3) is 21.3 Å². The average Bonchev–Trinajstić information content (AvgIpc) is 2.91. The lowest BCUT2D eigenvalue weighted by Crippen LogP contribution is -2.09. The summed E-state index contributed by atoms with van der Waals surface area (Å²) in [6.07, 6.45) is 0.0338. The normalized spacial score (nSPS) is 10.9. The molecule has 6 nitrogen and oxygen atoms in total. The van der Waals surface area contributed by atoms with E-state index in [1.54, 1.807) is 11.3 Å². The van der Waals surface area contributed by atoms with E-state index >= 15 is 0 Å². The molecule has 0 saturated heterocycles. The maximum Gasteiger partial charge on any atom is 0.305 e. The fourth-order valence-electron chi connectivity index (χ4n) is 2.87. The van der Waals surface area contributed by atoms with E-state index < -0.39 is 5.97 Å². The minimum Gasteiger partial charge on any atom is -0.494 e. The Labute approximate surface area is 155 Å². The molecule has 0 aliphatic heterocycles. The molecule has 0 fully saturated rings. The molecule has 26 heavy (non-hydrogen) atoms. The minimum atomic E-state index is -0.840. The second-order valence-electron chi connectivity index (χ2n) is 5.86. The smallest absolute Gasteiger partial charge is 0.305 e. The first-order valence-electron chi connectivity index (χ1n) is 8.46. The van der Waals surface area contributed by atoms with Crippen molar-refractivity contribution in [3.63, 3.8) is 0 Å². The van der Waals surface area contributed by atoms with Crippen molar-refractivity contribution in [3.05, 3.63) is 35.0 Å². The van der Waals surface area contributed by atoms with Crippen LogP contribution in [0.5, 0.6) is 5.75 Å². The van der Waals surface area contributed by atoms with Gasteiger partial charge in [-0.25, -0.2) is 9.97 Å². The number of aryl methyl sites for hydroxylation is 2. The maximum atomic E-state index is 10.8. The number of hydrogen-bond acceptors (Lipinski definition) is 6. The maximum absolute atomic E-state index is 10.8. The van der Waals surface area contributed by atoms with E-state index in [1.807, 2.05) is 38.1 Å². The molecular formula is C19H21N3O3S. The molecule has 0 bridgehead atoms. The molecule has 2 N–H and O–H groups in total. The Morgan fingerprint density at radius 1 is 1.23 bits per heavy atom. The lowest BCUT2D eigenvalue weighted by molar-refractivity contribution is -0.136. The lowest BCUT2D eigenvalue weighted by Gasteiger charge is -2.10. The van der Waals surface area contributed by atoms with E-state index in [9.17, 15) is 4.79 Å². The Hall–Kier alpha value is -2.67. The van der Waals surface area contributed by atoms with Crippen LogP contribution >= 0.6 is 11.3 Å². The average molecular weight is 371 g/mol. The fraction of sp³-hybridized carbons (Fsp3) is 0.316. The van der Waals surface area contributed by atoms with Crippen molar-refractivity contribution in [1.82, 2.24) is 9.97 Å². The second-order valence-corrected chi connectivity index (χ2v) is 7.06. The summed E-state index contributed by atoms with van der Waals surface area (Å²) < 4.78 is 5.52. The number of ether oxygens (including phenoxy) is 1. The molecule has 0 atom stereocenters. The largest absolute Gasteiger partial charge is 0.494 e. The van der Waals surface area contributed by atoms with Crippen LogP contribution in [0.1, 0.15) is 24.0 Å². The molecule has 0 unspecified atom stereocenters. The van der Waals surface area contributed by atoms with Crippen LogP contribution in [0.3, 0.4) is 0 Å². The van der Waals surface area contributed by atoms with Gasteiger partial charge in [0.2, 0.25) is 0 Å². The van der Waals surface area contributed by atoms with Crippen LogP contribution in [0.2, 0.25) is 0 Å². The number of fused-ring (bicyclic) bond motifs is 1. The molecule has 2 aromatic heterocycles. The van der Waals surface area contributed by atoms with Crippen LogP contribution in [0.4, 0.5) is 5.82 Å². The Morgan fingerprint density at radius 2 is 1.96 bits per heavy atom. The summed E-state index contributed by atoms with van der Waals surface area (Å²) in [4.78, 5) is 21.9. The number of benzene rings is 1. The highest BCUT2D eigenvalue weighted by Crippen LogP contribution is 2.41. The van der Waals surface area contributed by atoms with Gasteiger partial charge < -0.3 is 15.2 Å². The number of nitrogens with one attached hydrogen (secondary N) is 1. The number of aliphatic carboxylic acids is 1. The van der Waals surface area contributed by atoms with Crippen molar-refractivity contribution < 1.29 is 14.6 Å². The van der Waals surface area contributed by atoms with E-state index in [0.717, 1.165) is 32.0 Å². The van der Waals surface area contributed by atoms with Crippen molar-refractivity contribution in [1.29, 1.82) is 0 Å². The third-order valence-electron chi connectivity index (χ3n) is 3.92. The SMILES string of the molecule is CCOc1ccc(-c2c(C)sc3nc(C)nc(NCCC(=O)O)c23)cc1. The van der Waals surface area contributed by atoms with Gasteiger partial charge in [-0.3, -0.25) is 4.79 Å². The van der Waals surface area contributed by atoms with E-state index in [2.05, 4.69) is 22.2 Å². The highest BCUT2D eigenvalue weighted by Gasteiger charge is 2.18. The van der Waals surface area contributed by atoms with Crippen molar-refractivity contribution >= 4 is 33.3 Å². The van der Waals surface area contributed by atoms with Gasteiger partial charge in [-0.2, -0.15) is 0 Å². The van der Waals surface area contributed by atoms with E-state index in [4.69, 9.17) is 9.84 Å². The van der Waals surface area contributed by atoms with Crippen molar-refractivity contribution in [2.75, 3.05) is 18.5 Å². The summed E-state index contributed by atoms with van der Waals surface area (Å²) in [7, 11) is 0. The molecule has 7 heteroatoms. The zero-order valence-electron chi connectivity index (χ0n) is 15.0. The number of rotatable bonds is 7. The van der Waals surface area contributed by atoms with Crippen molar-refractivity contribution in [3.8, 4) is 16.9 Å². The quantitative estimate of drug-likeness (QED) is 0.645. The van der Waals surface area contributed by atoms with Crippen LogP contribution in [0.15, 0.2) is 24.3 Å². The summed E-state index contributed by atoms with van der Waals surface area (Å²) in [6, 6.07) is 7.96. The summed E-state index contributed by atoms with van der Waals surface area (Å²) in [5, 5.41) is 13.0. The molecule has 0 saturated carbocycles. The third kappa shape index (κ3) is 3.77. The van der Waals surface area contributed by atoms with Crippen LogP contribution in [-0.4, -0.2) is 34.2 Å². The molecule has 0 spiro atoms. The predicted octanol–water partition coefficient (Wildman–Crippen LogP) is 4.26. The number of anilines is 1. The number of hydrogen-bond donors (Lipinski definition) is 2. The number of thiophene rings is 1. The van der Waals surface area contributed by atoms with Gasteiger partial charge >= 0.3 is 5.97 Å². The molecule has 0 aliphatic carbocycles. The van der Waals surface area contributed by atoms with Crippen LogP contribution < -0.4 is 10.1 Å². The highest BCUT2D eigenvalue weighted by molar-refractivity contribution is 7.19. The molecule has 136 valence electrons. The van der Waals surface area contributed by atoms with Gasteiger partial charge in [0.15, 0.2) is 0 Å². The first-order valence-corrected chi connectivity index (χ1v) is 9.28. The van der Waals surface area contributed by atoms with Gasteiger partial charge in [-0.1, -0.05) is 12.1 Å². The molecule has 0 amide bonds. The lowest BCUT2D eigenvalue weighted by atomic mass is 10.0. The van der Waals surface area contributed by atoms with Gasteiger partial charge in [0.25, 0.3) is 0 Å². The summed E-state index contributed by atoms with van der Waals surface area (Å²) in [5.74, 6) is 1.34. The first-order chi connectivity index (χ1) is 12.5. The highest BCUT2D eigenvalue weighted by atomic mass is 32.1. The van der Waals surface area contributed by atoms with Crippen LogP contribution in [-0.2, 0) is 4.79 Å². The van der Waals surface area contributed by atoms with Crippen molar-refractivity contribution in [2.45, 2.75) is 27.2 Å². The number of aromatic nitrogens is 2. The summed E-state index contributed by atoms with van der Waals surface area (Å²) in [6.45, 7) is 6.81. The Kier molecular flexibility index (Phi) is 5.37. The van der Waals surface area contributed by atoms with Crippen molar-refractivity contribution in [2.24, 2.45) is 0 Å². The molecular weight excluding hydrogens is 350 g/mol. The van der Waals surface area contributed by atoms with Crippen LogP contribution in [0, 0.1) is 13.8 Å². The van der Waals surface area contributed by atoms with E-state index in [0.29, 0.717) is 24.8 Å². The molecule has 1 aromatic carbocycles. The van der Waals surface area contributed by atoms with E-state index in [-0.39, 0.29) is 6.42 Å². The van der Waals surface area contributed by atoms with Gasteiger partial charge in [0.05, 0.1) is 18.4 Å². The third-order valence-corrected chi connectivity index (χ3v) is 4.92. The standard InChI is InChI=1S/C19H21N3O3S/c1-4-25-14-7-5-13(6-8-14)16-11(2)26-19-17(16)18(21-12(3)22-19)20-10-9-15(23)24/h5-8H,4,9-10H2,1-3H3,(H,23,24)(H,20,21,22). The Bertz CT molecular complexity index is 935. The van der Waals surface area contributed by atoms with Gasteiger partial charge in [-0.05, 0) is 38.5 Å².